The lowest BCUT2D eigenvalue weighted by Gasteiger charge is -2.06. The highest BCUT2D eigenvalue weighted by Gasteiger charge is 2.00. The maximum atomic E-state index is 10.4. The lowest BCUT2D eigenvalue weighted by molar-refractivity contribution is -0.105. The van der Waals surface area contributed by atoms with Gasteiger partial charge in [-0.3, -0.25) is 4.79 Å². The molecule has 3 N–H and O–H groups in total. The lowest BCUT2D eigenvalue weighted by atomic mass is 10.0. The molecule has 0 aliphatic carbocycles. The molecule has 0 bridgehead atoms. The standard InChI is InChI=1S/C17H14N2O/c18-16-6-3-14-9-13(1-2-15(14)10-16)12-4-7-17(8-5-12)19-11-20/h1-11H,18H2,(H,19,20). The Labute approximate surface area is 117 Å². The first-order chi connectivity index (χ1) is 9.76. The largest absolute Gasteiger partial charge is 0.399 e. The van der Waals surface area contributed by atoms with Gasteiger partial charge in [-0.05, 0) is 52.2 Å². The first-order valence-electron chi connectivity index (χ1n) is 6.36. The van der Waals surface area contributed by atoms with Crippen LogP contribution in [0.15, 0.2) is 60.7 Å². The Morgan fingerprint density at radius 1 is 0.800 bits per heavy atom. The fourth-order valence-corrected chi connectivity index (χ4v) is 2.27. The summed E-state index contributed by atoms with van der Waals surface area (Å²) in [7, 11) is 0. The Bertz CT molecular complexity index is 764. The summed E-state index contributed by atoms with van der Waals surface area (Å²) in [6.45, 7) is 0. The van der Waals surface area contributed by atoms with Crippen LogP contribution in [0, 0.1) is 0 Å². The molecule has 0 fully saturated rings. The molecule has 0 saturated carbocycles. The topological polar surface area (TPSA) is 55.1 Å². The minimum atomic E-state index is 0.676. The summed E-state index contributed by atoms with van der Waals surface area (Å²) in [6.07, 6.45) is 0.676. The van der Waals surface area contributed by atoms with Gasteiger partial charge in [0.25, 0.3) is 0 Å². The summed E-state index contributed by atoms with van der Waals surface area (Å²) in [5, 5.41) is 4.92. The molecule has 3 heteroatoms. The third-order valence-electron chi connectivity index (χ3n) is 3.31. The smallest absolute Gasteiger partial charge is 0.211 e. The minimum absolute atomic E-state index is 0.676. The van der Waals surface area contributed by atoms with Gasteiger partial charge in [-0.15, -0.1) is 0 Å². The number of anilines is 2. The fraction of sp³-hybridized carbons (Fsp3) is 0. The Morgan fingerprint density at radius 2 is 1.45 bits per heavy atom. The summed E-state index contributed by atoms with van der Waals surface area (Å²) in [5.41, 5.74) is 9.59. The first-order valence-corrected chi connectivity index (χ1v) is 6.36. The quantitative estimate of drug-likeness (QED) is 0.559. The molecule has 0 aliphatic rings. The number of nitrogens with one attached hydrogen (secondary N) is 1. The van der Waals surface area contributed by atoms with Crippen molar-refractivity contribution in [3.05, 3.63) is 60.7 Å². The highest BCUT2D eigenvalue weighted by molar-refractivity contribution is 5.89. The summed E-state index contributed by atoms with van der Waals surface area (Å²) in [5.74, 6) is 0. The molecule has 0 heterocycles. The van der Waals surface area contributed by atoms with Gasteiger partial charge in [0, 0.05) is 11.4 Å². The molecule has 98 valence electrons. The van der Waals surface area contributed by atoms with E-state index in [1.165, 1.54) is 0 Å². The third kappa shape index (κ3) is 2.34. The van der Waals surface area contributed by atoms with Crippen LogP contribution in [0.5, 0.6) is 0 Å². The number of carbonyl (C=O) groups excluding carboxylic acids is 1. The van der Waals surface area contributed by atoms with E-state index in [0.29, 0.717) is 6.41 Å². The number of nitrogen functional groups attached to an aromatic ring is 1. The number of fused-ring (bicyclic) bond motifs is 1. The van der Waals surface area contributed by atoms with Crippen molar-refractivity contribution in [3.63, 3.8) is 0 Å². The van der Waals surface area contributed by atoms with Gasteiger partial charge in [-0.2, -0.15) is 0 Å². The molecule has 0 radical (unpaired) electrons. The van der Waals surface area contributed by atoms with Crippen LogP contribution >= 0.6 is 0 Å². The van der Waals surface area contributed by atoms with Crippen LogP contribution in [0.4, 0.5) is 11.4 Å². The van der Waals surface area contributed by atoms with Crippen molar-refractivity contribution < 1.29 is 4.79 Å². The average molecular weight is 262 g/mol. The van der Waals surface area contributed by atoms with Gasteiger partial charge in [-0.1, -0.05) is 30.3 Å². The molecule has 0 aromatic heterocycles. The molecule has 20 heavy (non-hydrogen) atoms. The second kappa shape index (κ2) is 5.05. The third-order valence-corrected chi connectivity index (χ3v) is 3.31. The predicted molar refractivity (Wildman–Crippen MR) is 83.5 cm³/mol. The predicted octanol–water partition coefficient (Wildman–Crippen LogP) is 3.66. The molecule has 0 atom stereocenters. The highest BCUT2D eigenvalue weighted by atomic mass is 16.1. The molecule has 3 nitrogen and oxygen atoms in total. The SMILES string of the molecule is Nc1ccc2cc(-c3ccc(NC=O)cc3)ccc2c1. The van der Waals surface area contributed by atoms with E-state index < -0.39 is 0 Å². The molecular weight excluding hydrogens is 248 g/mol. The van der Waals surface area contributed by atoms with Crippen LogP contribution in [-0.2, 0) is 4.79 Å². The Kier molecular flexibility index (Phi) is 3.09. The summed E-state index contributed by atoms with van der Waals surface area (Å²) in [6, 6.07) is 19.9. The summed E-state index contributed by atoms with van der Waals surface area (Å²) in [4.78, 5) is 10.4. The van der Waals surface area contributed by atoms with Crippen LogP contribution in [0.25, 0.3) is 21.9 Å². The molecule has 0 unspecified atom stereocenters. The second-order valence-electron chi connectivity index (χ2n) is 4.66. The van der Waals surface area contributed by atoms with Crippen LogP contribution in [0.1, 0.15) is 0 Å². The zero-order chi connectivity index (χ0) is 13.9. The highest BCUT2D eigenvalue weighted by Crippen LogP contribution is 2.26. The van der Waals surface area contributed by atoms with Gasteiger partial charge in [0.1, 0.15) is 0 Å². The van der Waals surface area contributed by atoms with Gasteiger partial charge in [-0.25, -0.2) is 0 Å². The minimum Gasteiger partial charge on any atom is -0.399 e. The van der Waals surface area contributed by atoms with Gasteiger partial charge in [0.05, 0.1) is 0 Å². The maximum Gasteiger partial charge on any atom is 0.211 e. The molecule has 3 aromatic rings. The zero-order valence-electron chi connectivity index (χ0n) is 10.8. The number of carbonyl (C=O) groups is 1. The molecule has 3 aromatic carbocycles. The van der Waals surface area contributed by atoms with Crippen LogP contribution < -0.4 is 11.1 Å². The summed E-state index contributed by atoms with van der Waals surface area (Å²) < 4.78 is 0. The van der Waals surface area contributed by atoms with E-state index in [4.69, 9.17) is 5.73 Å². The van der Waals surface area contributed by atoms with Crippen molar-refractivity contribution in [3.8, 4) is 11.1 Å². The van der Waals surface area contributed by atoms with Crippen LogP contribution in [0.3, 0.4) is 0 Å². The number of hydrogen-bond acceptors (Lipinski definition) is 2. The van der Waals surface area contributed by atoms with Crippen molar-refractivity contribution in [2.75, 3.05) is 11.1 Å². The van der Waals surface area contributed by atoms with Gasteiger partial charge in [0.2, 0.25) is 6.41 Å². The number of rotatable bonds is 3. The first kappa shape index (κ1) is 12.2. The van der Waals surface area contributed by atoms with Crippen molar-refractivity contribution in [2.24, 2.45) is 0 Å². The Morgan fingerprint density at radius 3 is 2.20 bits per heavy atom. The normalized spacial score (nSPS) is 10.4. The van der Waals surface area contributed by atoms with E-state index in [1.54, 1.807) is 0 Å². The molecule has 0 spiro atoms. The average Bonchev–Trinajstić information content (AvgIpc) is 2.48. The number of benzene rings is 3. The van der Waals surface area contributed by atoms with Crippen molar-refractivity contribution in [1.29, 1.82) is 0 Å². The number of hydrogen-bond donors (Lipinski definition) is 2. The monoisotopic (exact) mass is 262 g/mol. The van der Waals surface area contributed by atoms with E-state index in [0.717, 1.165) is 33.3 Å². The van der Waals surface area contributed by atoms with Crippen molar-refractivity contribution >= 4 is 28.6 Å². The Balaban J connectivity index is 2.01. The zero-order valence-corrected chi connectivity index (χ0v) is 10.8. The van der Waals surface area contributed by atoms with Crippen molar-refractivity contribution in [1.82, 2.24) is 0 Å². The lowest BCUT2D eigenvalue weighted by Crippen LogP contribution is -1.92. The Hall–Kier alpha value is -2.81. The fourth-order valence-electron chi connectivity index (χ4n) is 2.27. The molecule has 0 saturated heterocycles. The van der Waals surface area contributed by atoms with Gasteiger partial charge < -0.3 is 11.1 Å². The number of amides is 1. The summed E-state index contributed by atoms with van der Waals surface area (Å²) >= 11 is 0. The second-order valence-corrected chi connectivity index (χ2v) is 4.66. The molecule has 3 rings (SSSR count). The van der Waals surface area contributed by atoms with E-state index in [9.17, 15) is 4.79 Å². The van der Waals surface area contributed by atoms with E-state index in [2.05, 4.69) is 23.5 Å². The molecule has 1 amide bonds. The van der Waals surface area contributed by atoms with Crippen LogP contribution in [-0.4, -0.2) is 6.41 Å². The number of nitrogens with two attached hydrogens (primary N) is 1. The van der Waals surface area contributed by atoms with Gasteiger partial charge in [0.15, 0.2) is 0 Å². The van der Waals surface area contributed by atoms with Crippen molar-refractivity contribution in [2.45, 2.75) is 0 Å². The van der Waals surface area contributed by atoms with E-state index >= 15 is 0 Å². The van der Waals surface area contributed by atoms with Gasteiger partial charge >= 0.3 is 0 Å². The molecule has 0 aliphatic heterocycles. The van der Waals surface area contributed by atoms with E-state index in [1.807, 2.05) is 42.5 Å². The maximum absolute atomic E-state index is 10.4. The molecular formula is C17H14N2O. The van der Waals surface area contributed by atoms with Crippen LogP contribution in [0.2, 0.25) is 0 Å². The van der Waals surface area contributed by atoms with E-state index in [-0.39, 0.29) is 0 Å².